The quantitative estimate of drug-likeness (QED) is 0.180. The van der Waals surface area contributed by atoms with Gasteiger partial charge in [0.1, 0.15) is 0 Å². The van der Waals surface area contributed by atoms with Crippen molar-refractivity contribution in [1.82, 2.24) is 4.98 Å². The number of carboxylic acid groups (broad SMARTS) is 1. The number of thioether (sulfide) groups is 1. The van der Waals surface area contributed by atoms with Crippen LogP contribution >= 0.6 is 23.4 Å². The van der Waals surface area contributed by atoms with E-state index >= 15 is 0 Å². The van der Waals surface area contributed by atoms with Crippen LogP contribution in [0.25, 0.3) is 18.2 Å². The average Bonchev–Trinajstić information content (AvgIpc) is 3.70. The van der Waals surface area contributed by atoms with Gasteiger partial charge < -0.3 is 10.2 Å². The highest BCUT2D eigenvalue weighted by Gasteiger charge is 2.44. The van der Waals surface area contributed by atoms with Gasteiger partial charge in [0.2, 0.25) is 0 Å². The molecule has 6 heteroatoms. The number of carbonyl (C=O) groups is 1. The fourth-order valence-corrected chi connectivity index (χ4v) is 6.96. The van der Waals surface area contributed by atoms with E-state index in [4.69, 9.17) is 16.6 Å². The SMILES string of the molecule is C/C=C\C(Cl)=C/c1cccc(/C=C/c2cccc(C(CCc3ccccc3C(C)(C)O)SCC3(CC(=O)O)CC3)c2)n1. The summed E-state index contributed by atoms with van der Waals surface area (Å²) in [5.41, 5.74) is 5.04. The number of aliphatic carboxylic acids is 1. The molecular weight excluding hydrogens is 562 g/mol. The van der Waals surface area contributed by atoms with Crippen molar-refractivity contribution >= 4 is 47.6 Å². The van der Waals surface area contributed by atoms with Crippen LogP contribution in [0.15, 0.2) is 83.9 Å². The van der Waals surface area contributed by atoms with Gasteiger partial charge in [0.15, 0.2) is 0 Å². The molecule has 1 atom stereocenters. The molecule has 1 heterocycles. The monoisotopic (exact) mass is 601 g/mol. The molecule has 0 saturated heterocycles. The second kappa shape index (κ2) is 14.4. The lowest BCUT2D eigenvalue weighted by molar-refractivity contribution is -0.138. The molecule has 0 aliphatic heterocycles. The van der Waals surface area contributed by atoms with Crippen LogP contribution in [0.1, 0.15) is 85.3 Å². The lowest BCUT2D eigenvalue weighted by Crippen LogP contribution is -2.18. The van der Waals surface area contributed by atoms with E-state index in [-0.39, 0.29) is 17.1 Å². The van der Waals surface area contributed by atoms with Crippen LogP contribution in [0.5, 0.6) is 0 Å². The second-order valence-corrected chi connectivity index (χ2v) is 13.3. The van der Waals surface area contributed by atoms with Gasteiger partial charge in [-0.3, -0.25) is 4.79 Å². The smallest absolute Gasteiger partial charge is 0.303 e. The van der Waals surface area contributed by atoms with Gasteiger partial charge in [0, 0.05) is 16.0 Å². The van der Waals surface area contributed by atoms with Gasteiger partial charge >= 0.3 is 5.97 Å². The van der Waals surface area contributed by atoms with Gasteiger partial charge in [0.05, 0.1) is 23.4 Å². The molecule has 2 aromatic carbocycles. The van der Waals surface area contributed by atoms with E-state index in [0.29, 0.717) is 5.03 Å². The number of carboxylic acids is 1. The number of nitrogens with zero attached hydrogens (tertiary/aromatic N) is 1. The van der Waals surface area contributed by atoms with Crippen LogP contribution in [0, 0.1) is 5.41 Å². The first-order valence-corrected chi connectivity index (χ1v) is 15.9. The van der Waals surface area contributed by atoms with E-state index in [1.807, 2.05) is 93.2 Å². The largest absolute Gasteiger partial charge is 0.481 e. The summed E-state index contributed by atoms with van der Waals surface area (Å²) in [5, 5.41) is 21.0. The Morgan fingerprint density at radius 2 is 1.81 bits per heavy atom. The Bertz CT molecular complexity index is 1470. The number of aliphatic hydroxyl groups is 1. The van der Waals surface area contributed by atoms with Crippen molar-refractivity contribution in [3.05, 3.63) is 118 Å². The van der Waals surface area contributed by atoms with Crippen molar-refractivity contribution in [2.45, 2.75) is 63.7 Å². The normalized spacial score (nSPS) is 15.8. The summed E-state index contributed by atoms with van der Waals surface area (Å²) >= 11 is 8.11. The third-order valence-corrected chi connectivity index (χ3v) is 9.48. The highest BCUT2D eigenvalue weighted by atomic mass is 35.5. The minimum absolute atomic E-state index is 0.0851. The molecule has 1 aliphatic carbocycles. The maximum atomic E-state index is 11.5. The molecule has 3 aromatic rings. The fraction of sp³-hybridized carbons (Fsp3) is 0.333. The van der Waals surface area contributed by atoms with E-state index in [9.17, 15) is 15.0 Å². The number of hydrogen-bond acceptors (Lipinski definition) is 4. The summed E-state index contributed by atoms with van der Waals surface area (Å²) in [4.78, 5) is 16.2. The summed E-state index contributed by atoms with van der Waals surface area (Å²) < 4.78 is 0. The minimum Gasteiger partial charge on any atom is -0.481 e. The molecule has 2 N–H and O–H groups in total. The van der Waals surface area contributed by atoms with E-state index in [1.165, 1.54) is 5.56 Å². The number of pyridine rings is 1. The Balaban J connectivity index is 1.55. The minimum atomic E-state index is -0.914. The standard InChI is InChI=1S/C36H40ClNO3S/c1-4-9-29(37)23-31-14-8-13-30(38-31)18-16-26-10-7-12-28(22-26)33(42-25-36(20-21-36)24-34(39)40)19-17-27-11-5-6-15-32(27)35(2,3)41/h4-16,18,22-23,33,41H,17,19-21,24-25H2,1-3H3,(H,39,40)/b9-4-,18-16+,29-23+. The Hall–Kier alpha value is -3.12. The first-order chi connectivity index (χ1) is 20.1. The van der Waals surface area contributed by atoms with Gasteiger partial charge in [-0.05, 0) is 104 Å². The number of rotatable bonds is 14. The van der Waals surface area contributed by atoms with Crippen molar-refractivity contribution in [1.29, 1.82) is 0 Å². The van der Waals surface area contributed by atoms with Crippen LogP contribution in [-0.2, 0) is 16.8 Å². The third kappa shape index (κ3) is 9.45. The summed E-state index contributed by atoms with van der Waals surface area (Å²) in [6.45, 7) is 5.58. The van der Waals surface area contributed by atoms with Gasteiger partial charge in [0.25, 0.3) is 0 Å². The molecule has 0 radical (unpaired) electrons. The molecule has 1 aliphatic rings. The van der Waals surface area contributed by atoms with Crippen molar-refractivity contribution < 1.29 is 15.0 Å². The predicted molar refractivity (Wildman–Crippen MR) is 177 cm³/mol. The van der Waals surface area contributed by atoms with Crippen molar-refractivity contribution in [3.63, 3.8) is 0 Å². The Kier molecular flexibility index (Phi) is 10.9. The zero-order valence-electron chi connectivity index (χ0n) is 24.6. The predicted octanol–water partition coefficient (Wildman–Crippen LogP) is 9.30. The Morgan fingerprint density at radius 3 is 2.52 bits per heavy atom. The maximum absolute atomic E-state index is 11.5. The van der Waals surface area contributed by atoms with Crippen molar-refractivity contribution in [2.75, 3.05) is 5.75 Å². The molecule has 42 heavy (non-hydrogen) atoms. The van der Waals surface area contributed by atoms with E-state index < -0.39 is 11.6 Å². The third-order valence-electron chi connectivity index (χ3n) is 7.56. The van der Waals surface area contributed by atoms with Crippen molar-refractivity contribution in [2.24, 2.45) is 5.41 Å². The summed E-state index contributed by atoms with van der Waals surface area (Å²) in [6.07, 6.45) is 13.5. The molecule has 4 rings (SSSR count). The zero-order chi connectivity index (χ0) is 30.2. The van der Waals surface area contributed by atoms with Crippen LogP contribution in [0.2, 0.25) is 0 Å². The maximum Gasteiger partial charge on any atom is 0.303 e. The first kappa shape index (κ1) is 31.8. The number of aryl methyl sites for hydroxylation is 1. The average molecular weight is 602 g/mol. The van der Waals surface area contributed by atoms with E-state index in [1.54, 1.807) is 0 Å². The number of aromatic nitrogens is 1. The number of halogens is 1. The number of benzene rings is 2. The molecule has 0 bridgehead atoms. The summed E-state index contributed by atoms with van der Waals surface area (Å²) in [7, 11) is 0. The van der Waals surface area contributed by atoms with E-state index in [0.717, 1.165) is 59.5 Å². The molecule has 0 spiro atoms. The van der Waals surface area contributed by atoms with Gasteiger partial charge in [-0.1, -0.05) is 78.4 Å². The van der Waals surface area contributed by atoms with Gasteiger partial charge in [-0.25, -0.2) is 4.98 Å². The molecule has 1 unspecified atom stereocenters. The van der Waals surface area contributed by atoms with Crippen LogP contribution in [0.4, 0.5) is 0 Å². The van der Waals surface area contributed by atoms with Crippen LogP contribution in [0.3, 0.4) is 0 Å². The van der Waals surface area contributed by atoms with Gasteiger partial charge in [-0.2, -0.15) is 11.8 Å². The lowest BCUT2D eigenvalue weighted by atomic mass is 9.90. The number of allylic oxidation sites excluding steroid dienone is 3. The lowest BCUT2D eigenvalue weighted by Gasteiger charge is -2.24. The zero-order valence-corrected chi connectivity index (χ0v) is 26.2. The molecule has 4 nitrogen and oxygen atoms in total. The molecule has 1 fully saturated rings. The first-order valence-electron chi connectivity index (χ1n) is 14.5. The second-order valence-electron chi connectivity index (χ2n) is 11.6. The van der Waals surface area contributed by atoms with Gasteiger partial charge in [-0.15, -0.1) is 0 Å². The molecule has 1 aromatic heterocycles. The fourth-order valence-electron chi connectivity index (χ4n) is 5.15. The summed E-state index contributed by atoms with van der Waals surface area (Å²) in [6, 6.07) is 22.5. The molecule has 0 amide bonds. The highest BCUT2D eigenvalue weighted by molar-refractivity contribution is 7.99. The Labute approximate surface area is 259 Å². The molecular formula is C36H40ClNO3S. The van der Waals surface area contributed by atoms with Crippen molar-refractivity contribution in [3.8, 4) is 0 Å². The summed E-state index contributed by atoms with van der Waals surface area (Å²) in [5.74, 6) is 0.116. The Morgan fingerprint density at radius 1 is 1.07 bits per heavy atom. The highest BCUT2D eigenvalue weighted by Crippen LogP contribution is 2.53. The van der Waals surface area contributed by atoms with Crippen LogP contribution in [-0.4, -0.2) is 26.9 Å². The molecule has 1 saturated carbocycles. The van der Waals surface area contributed by atoms with E-state index in [2.05, 4.69) is 36.4 Å². The van der Waals surface area contributed by atoms with Crippen LogP contribution < -0.4 is 0 Å². The topological polar surface area (TPSA) is 70.4 Å². The number of hydrogen-bond donors (Lipinski definition) is 2. The molecule has 220 valence electrons.